The number of carboxylic acids is 1. The van der Waals surface area contributed by atoms with Crippen LogP contribution in [0.25, 0.3) is 5.00 Å². The minimum Gasteiger partial charge on any atom is -0.478 e. The minimum atomic E-state index is -0.964. The van der Waals surface area contributed by atoms with Gasteiger partial charge in [0, 0.05) is 0 Å². The van der Waals surface area contributed by atoms with Crippen LogP contribution in [0.5, 0.6) is 0 Å². The first-order valence-corrected chi connectivity index (χ1v) is 5.34. The largest absolute Gasteiger partial charge is 0.478 e. The van der Waals surface area contributed by atoms with Crippen molar-refractivity contribution in [2.24, 2.45) is 0 Å². The summed E-state index contributed by atoms with van der Waals surface area (Å²) in [6.45, 7) is 4.00. The average molecular weight is 225 g/mol. The SMILES string of the molecule is CC.O=C(O)c1ccsc1-n1nccn1. The van der Waals surface area contributed by atoms with Crippen molar-refractivity contribution in [2.45, 2.75) is 13.8 Å². The van der Waals surface area contributed by atoms with E-state index in [1.165, 1.54) is 34.6 Å². The molecule has 0 aliphatic carbocycles. The van der Waals surface area contributed by atoms with Crippen molar-refractivity contribution < 1.29 is 9.90 Å². The molecule has 0 unspecified atom stereocenters. The number of hydrogen-bond acceptors (Lipinski definition) is 4. The monoisotopic (exact) mass is 225 g/mol. The Morgan fingerprint density at radius 1 is 1.40 bits per heavy atom. The molecule has 0 spiro atoms. The van der Waals surface area contributed by atoms with Crippen molar-refractivity contribution in [3.8, 4) is 5.00 Å². The maximum atomic E-state index is 10.7. The highest BCUT2D eigenvalue weighted by atomic mass is 32.1. The van der Waals surface area contributed by atoms with Gasteiger partial charge in [0.2, 0.25) is 0 Å². The van der Waals surface area contributed by atoms with Crippen LogP contribution in [0.15, 0.2) is 23.8 Å². The molecule has 0 saturated heterocycles. The molecule has 1 N–H and O–H groups in total. The van der Waals surface area contributed by atoms with E-state index < -0.39 is 5.97 Å². The van der Waals surface area contributed by atoms with Crippen LogP contribution in [-0.4, -0.2) is 26.1 Å². The van der Waals surface area contributed by atoms with E-state index in [1.807, 2.05) is 13.8 Å². The minimum absolute atomic E-state index is 0.223. The predicted molar refractivity (Wildman–Crippen MR) is 57.5 cm³/mol. The lowest BCUT2D eigenvalue weighted by atomic mass is 10.3. The van der Waals surface area contributed by atoms with Crippen molar-refractivity contribution in [3.63, 3.8) is 0 Å². The molecule has 15 heavy (non-hydrogen) atoms. The predicted octanol–water partition coefficient (Wildman–Crippen LogP) is 2.05. The Morgan fingerprint density at radius 2 is 2.00 bits per heavy atom. The Morgan fingerprint density at radius 3 is 2.53 bits per heavy atom. The number of rotatable bonds is 2. The molecule has 0 fully saturated rings. The number of nitrogens with zero attached hydrogens (tertiary/aromatic N) is 3. The van der Waals surface area contributed by atoms with E-state index in [2.05, 4.69) is 10.2 Å². The van der Waals surface area contributed by atoms with Crippen LogP contribution in [-0.2, 0) is 0 Å². The summed E-state index contributed by atoms with van der Waals surface area (Å²) in [5.41, 5.74) is 0.223. The van der Waals surface area contributed by atoms with Gasteiger partial charge in [0.05, 0.1) is 18.0 Å². The molecule has 0 amide bonds. The zero-order valence-electron chi connectivity index (χ0n) is 8.41. The summed E-state index contributed by atoms with van der Waals surface area (Å²) in [5.74, 6) is -0.964. The van der Waals surface area contributed by atoms with Crippen LogP contribution < -0.4 is 0 Å². The van der Waals surface area contributed by atoms with Gasteiger partial charge in [-0.25, -0.2) is 4.79 Å². The summed E-state index contributed by atoms with van der Waals surface area (Å²) >= 11 is 1.29. The van der Waals surface area contributed by atoms with E-state index in [-0.39, 0.29) is 5.56 Å². The molecular formula is C9H11N3O2S. The van der Waals surface area contributed by atoms with Gasteiger partial charge in [0.25, 0.3) is 0 Å². The lowest BCUT2D eigenvalue weighted by molar-refractivity contribution is 0.0697. The van der Waals surface area contributed by atoms with Gasteiger partial charge in [0.15, 0.2) is 5.00 Å². The van der Waals surface area contributed by atoms with Gasteiger partial charge in [0.1, 0.15) is 0 Å². The second kappa shape index (κ2) is 5.26. The van der Waals surface area contributed by atoms with E-state index in [1.54, 1.807) is 5.38 Å². The zero-order valence-corrected chi connectivity index (χ0v) is 9.23. The maximum absolute atomic E-state index is 10.7. The molecule has 0 aliphatic rings. The van der Waals surface area contributed by atoms with Gasteiger partial charge >= 0.3 is 5.97 Å². The third kappa shape index (κ3) is 2.41. The van der Waals surface area contributed by atoms with Crippen molar-refractivity contribution in [1.82, 2.24) is 15.0 Å². The second-order valence-corrected chi connectivity index (χ2v) is 3.16. The topological polar surface area (TPSA) is 68.0 Å². The normalized spacial score (nSPS) is 9.20. The van der Waals surface area contributed by atoms with Gasteiger partial charge in [-0.05, 0) is 11.4 Å². The Kier molecular flexibility index (Phi) is 3.99. The van der Waals surface area contributed by atoms with Gasteiger partial charge in [-0.1, -0.05) is 13.8 Å². The Balaban J connectivity index is 0.000000531. The fourth-order valence-electron chi connectivity index (χ4n) is 0.940. The quantitative estimate of drug-likeness (QED) is 0.849. The summed E-state index contributed by atoms with van der Waals surface area (Å²) in [6, 6.07) is 1.53. The average Bonchev–Trinajstić information content (AvgIpc) is 2.91. The Labute approximate surface area is 91.0 Å². The number of carboxylic acid groups (broad SMARTS) is 1. The van der Waals surface area contributed by atoms with E-state index in [9.17, 15) is 4.79 Å². The Bertz CT molecular complexity index is 422. The number of hydrogen-bond donors (Lipinski definition) is 1. The van der Waals surface area contributed by atoms with E-state index in [0.717, 1.165) is 0 Å². The van der Waals surface area contributed by atoms with Gasteiger partial charge in [-0.2, -0.15) is 10.2 Å². The van der Waals surface area contributed by atoms with Gasteiger partial charge in [-0.15, -0.1) is 16.1 Å². The lowest BCUT2D eigenvalue weighted by Crippen LogP contribution is -2.03. The summed E-state index contributed by atoms with van der Waals surface area (Å²) in [5, 5.41) is 18.7. The summed E-state index contributed by atoms with van der Waals surface area (Å²) in [7, 11) is 0. The molecule has 80 valence electrons. The molecule has 0 bridgehead atoms. The summed E-state index contributed by atoms with van der Waals surface area (Å²) in [6.07, 6.45) is 3.01. The number of thiophene rings is 1. The fourth-order valence-corrected chi connectivity index (χ4v) is 1.74. The molecule has 2 aromatic rings. The van der Waals surface area contributed by atoms with E-state index >= 15 is 0 Å². The van der Waals surface area contributed by atoms with Crippen molar-refractivity contribution in [3.05, 3.63) is 29.4 Å². The maximum Gasteiger partial charge on any atom is 0.338 e. The molecule has 0 radical (unpaired) electrons. The molecule has 2 rings (SSSR count). The molecule has 0 aliphatic heterocycles. The lowest BCUT2D eigenvalue weighted by Gasteiger charge is -1.95. The first-order valence-electron chi connectivity index (χ1n) is 4.46. The smallest absolute Gasteiger partial charge is 0.338 e. The van der Waals surface area contributed by atoms with Crippen LogP contribution in [0.1, 0.15) is 24.2 Å². The highest BCUT2D eigenvalue weighted by Crippen LogP contribution is 2.19. The first-order chi connectivity index (χ1) is 7.29. The molecule has 5 nitrogen and oxygen atoms in total. The third-order valence-electron chi connectivity index (χ3n) is 1.48. The van der Waals surface area contributed by atoms with Crippen LogP contribution in [0, 0.1) is 0 Å². The number of aromatic carboxylic acids is 1. The van der Waals surface area contributed by atoms with Crippen molar-refractivity contribution in [2.75, 3.05) is 0 Å². The summed E-state index contributed by atoms with van der Waals surface area (Å²) in [4.78, 5) is 12.0. The molecule has 2 heterocycles. The van der Waals surface area contributed by atoms with Gasteiger partial charge in [-0.3, -0.25) is 0 Å². The van der Waals surface area contributed by atoms with Gasteiger partial charge < -0.3 is 5.11 Å². The summed E-state index contributed by atoms with van der Waals surface area (Å²) < 4.78 is 0. The second-order valence-electron chi connectivity index (χ2n) is 2.26. The third-order valence-corrected chi connectivity index (χ3v) is 2.35. The van der Waals surface area contributed by atoms with Crippen LogP contribution in [0.2, 0.25) is 0 Å². The first kappa shape index (κ1) is 11.4. The molecule has 6 heteroatoms. The van der Waals surface area contributed by atoms with E-state index in [4.69, 9.17) is 5.11 Å². The van der Waals surface area contributed by atoms with Crippen LogP contribution in [0.4, 0.5) is 0 Å². The number of carbonyl (C=O) groups is 1. The van der Waals surface area contributed by atoms with Crippen LogP contribution >= 0.6 is 11.3 Å². The van der Waals surface area contributed by atoms with Crippen LogP contribution in [0.3, 0.4) is 0 Å². The molecule has 0 aromatic carbocycles. The molecule has 0 saturated carbocycles. The van der Waals surface area contributed by atoms with E-state index in [0.29, 0.717) is 5.00 Å². The van der Waals surface area contributed by atoms with Crippen molar-refractivity contribution >= 4 is 17.3 Å². The highest BCUT2D eigenvalue weighted by molar-refractivity contribution is 7.12. The number of aromatic nitrogens is 3. The Hall–Kier alpha value is -1.69. The fraction of sp³-hybridized carbons (Fsp3) is 0.222. The molecule has 2 aromatic heterocycles. The standard InChI is InChI=1S/C7H5N3O2S.C2H6/c11-7(12)5-1-4-13-6(5)10-8-2-3-9-10;1-2/h1-4H,(H,11,12);1-2H3. The highest BCUT2D eigenvalue weighted by Gasteiger charge is 2.13. The molecular weight excluding hydrogens is 214 g/mol. The zero-order chi connectivity index (χ0) is 11.3. The van der Waals surface area contributed by atoms with Crippen molar-refractivity contribution in [1.29, 1.82) is 0 Å². The molecule has 0 atom stereocenters.